The second kappa shape index (κ2) is 7.28. The van der Waals surface area contributed by atoms with Crippen LogP contribution in [0.2, 0.25) is 0 Å². The van der Waals surface area contributed by atoms with Gasteiger partial charge >= 0.3 is 0 Å². The summed E-state index contributed by atoms with van der Waals surface area (Å²) < 4.78 is 12.9. The Labute approximate surface area is 104 Å². The van der Waals surface area contributed by atoms with Crippen molar-refractivity contribution in [2.75, 3.05) is 24.5 Å². The van der Waals surface area contributed by atoms with Crippen LogP contribution in [0.25, 0.3) is 0 Å². The maximum absolute atomic E-state index is 12.9. The molecule has 1 unspecified atom stereocenters. The Morgan fingerprint density at radius 2 is 1.88 bits per heavy atom. The van der Waals surface area contributed by atoms with Gasteiger partial charge in [0.1, 0.15) is 5.82 Å². The normalized spacial score (nSPS) is 12.5. The summed E-state index contributed by atoms with van der Waals surface area (Å²) in [5.41, 5.74) is 6.85. The van der Waals surface area contributed by atoms with Gasteiger partial charge in [0.2, 0.25) is 0 Å². The number of anilines is 1. The Kier molecular flexibility index (Phi) is 5.98. The maximum atomic E-state index is 12.9. The smallest absolute Gasteiger partial charge is 0.123 e. The fourth-order valence-corrected chi connectivity index (χ4v) is 2.07. The molecule has 0 amide bonds. The van der Waals surface area contributed by atoms with E-state index in [1.807, 2.05) is 12.1 Å². The molecule has 1 aromatic carbocycles. The van der Waals surface area contributed by atoms with E-state index in [9.17, 15) is 4.39 Å². The quantitative estimate of drug-likeness (QED) is 0.791. The van der Waals surface area contributed by atoms with Crippen LogP contribution in [-0.4, -0.2) is 19.6 Å². The van der Waals surface area contributed by atoms with E-state index in [0.717, 1.165) is 31.6 Å². The van der Waals surface area contributed by atoms with E-state index in [4.69, 9.17) is 5.73 Å². The monoisotopic (exact) mass is 238 g/mol. The summed E-state index contributed by atoms with van der Waals surface area (Å²) >= 11 is 0. The van der Waals surface area contributed by atoms with Crippen molar-refractivity contribution >= 4 is 5.69 Å². The van der Waals surface area contributed by atoms with E-state index in [0.29, 0.717) is 12.5 Å². The average molecular weight is 238 g/mol. The topological polar surface area (TPSA) is 29.3 Å². The molecule has 0 heterocycles. The van der Waals surface area contributed by atoms with Gasteiger partial charge in [-0.05, 0) is 50.1 Å². The van der Waals surface area contributed by atoms with Crippen molar-refractivity contribution in [1.29, 1.82) is 0 Å². The van der Waals surface area contributed by atoms with E-state index in [2.05, 4.69) is 18.7 Å². The summed E-state index contributed by atoms with van der Waals surface area (Å²) in [4.78, 5) is 2.26. The number of nitrogens with two attached hydrogens (primary N) is 1. The van der Waals surface area contributed by atoms with Gasteiger partial charge in [-0.15, -0.1) is 0 Å². The first-order valence-corrected chi connectivity index (χ1v) is 6.41. The highest BCUT2D eigenvalue weighted by molar-refractivity contribution is 5.46. The minimum atomic E-state index is -0.186. The molecule has 0 aliphatic carbocycles. The Balaban J connectivity index is 2.67. The van der Waals surface area contributed by atoms with Gasteiger partial charge in [-0.2, -0.15) is 0 Å². The van der Waals surface area contributed by atoms with E-state index < -0.39 is 0 Å². The summed E-state index contributed by atoms with van der Waals surface area (Å²) in [6.07, 6.45) is 2.30. The zero-order valence-electron chi connectivity index (χ0n) is 10.8. The highest BCUT2D eigenvalue weighted by atomic mass is 19.1. The summed E-state index contributed by atoms with van der Waals surface area (Å²) in [6.45, 7) is 6.88. The lowest BCUT2D eigenvalue weighted by molar-refractivity contribution is 0.483. The molecular formula is C14H23FN2. The SMILES string of the molecule is CCCC(CN)CN(CC)c1ccc(F)cc1. The van der Waals surface area contributed by atoms with Crippen molar-refractivity contribution in [3.8, 4) is 0 Å². The third-order valence-corrected chi connectivity index (χ3v) is 3.08. The van der Waals surface area contributed by atoms with Crippen LogP contribution in [0.1, 0.15) is 26.7 Å². The van der Waals surface area contributed by atoms with Gasteiger partial charge in [0.05, 0.1) is 0 Å². The Morgan fingerprint density at radius 1 is 1.24 bits per heavy atom. The minimum absolute atomic E-state index is 0.186. The molecule has 0 saturated heterocycles. The number of halogens is 1. The van der Waals surface area contributed by atoms with E-state index in [1.54, 1.807) is 0 Å². The van der Waals surface area contributed by atoms with Crippen molar-refractivity contribution in [3.05, 3.63) is 30.1 Å². The van der Waals surface area contributed by atoms with E-state index >= 15 is 0 Å². The highest BCUT2D eigenvalue weighted by Gasteiger charge is 2.11. The number of rotatable bonds is 7. The molecule has 1 rings (SSSR count). The lowest BCUT2D eigenvalue weighted by atomic mass is 10.0. The Morgan fingerprint density at radius 3 is 2.35 bits per heavy atom. The molecular weight excluding hydrogens is 215 g/mol. The largest absolute Gasteiger partial charge is 0.371 e. The van der Waals surface area contributed by atoms with Crippen molar-refractivity contribution in [3.63, 3.8) is 0 Å². The highest BCUT2D eigenvalue weighted by Crippen LogP contribution is 2.17. The van der Waals surface area contributed by atoms with E-state index in [-0.39, 0.29) is 5.82 Å². The van der Waals surface area contributed by atoms with Crippen LogP contribution in [0.15, 0.2) is 24.3 Å². The molecule has 17 heavy (non-hydrogen) atoms. The maximum Gasteiger partial charge on any atom is 0.123 e. The van der Waals surface area contributed by atoms with E-state index in [1.165, 1.54) is 12.1 Å². The molecule has 2 N–H and O–H groups in total. The number of hydrogen-bond acceptors (Lipinski definition) is 2. The standard InChI is InChI=1S/C14H23FN2/c1-3-5-12(10-16)11-17(4-2)14-8-6-13(15)7-9-14/h6-9,12H,3-5,10-11,16H2,1-2H3. The average Bonchev–Trinajstić information content (AvgIpc) is 2.36. The lowest BCUT2D eigenvalue weighted by Crippen LogP contribution is -2.32. The third kappa shape index (κ3) is 4.35. The van der Waals surface area contributed by atoms with Gasteiger partial charge in [-0.3, -0.25) is 0 Å². The zero-order valence-corrected chi connectivity index (χ0v) is 10.8. The van der Waals surface area contributed by atoms with Crippen LogP contribution >= 0.6 is 0 Å². The van der Waals surface area contributed by atoms with Crippen molar-refractivity contribution < 1.29 is 4.39 Å². The van der Waals surface area contributed by atoms with Crippen molar-refractivity contribution in [2.24, 2.45) is 11.7 Å². The summed E-state index contributed by atoms with van der Waals surface area (Å²) in [5, 5.41) is 0. The summed E-state index contributed by atoms with van der Waals surface area (Å²) in [6, 6.07) is 6.68. The molecule has 1 aromatic rings. The van der Waals surface area contributed by atoms with Gasteiger partial charge in [0.25, 0.3) is 0 Å². The number of hydrogen-bond donors (Lipinski definition) is 1. The summed E-state index contributed by atoms with van der Waals surface area (Å²) in [5.74, 6) is 0.332. The zero-order chi connectivity index (χ0) is 12.7. The molecule has 0 fully saturated rings. The van der Waals surface area contributed by atoms with Crippen LogP contribution in [0.5, 0.6) is 0 Å². The number of nitrogens with zero attached hydrogens (tertiary/aromatic N) is 1. The van der Waals surface area contributed by atoms with Crippen LogP contribution in [-0.2, 0) is 0 Å². The van der Waals surface area contributed by atoms with Crippen molar-refractivity contribution in [2.45, 2.75) is 26.7 Å². The van der Waals surface area contributed by atoms with Gasteiger partial charge < -0.3 is 10.6 Å². The minimum Gasteiger partial charge on any atom is -0.371 e. The third-order valence-electron chi connectivity index (χ3n) is 3.08. The molecule has 2 nitrogen and oxygen atoms in total. The van der Waals surface area contributed by atoms with Crippen LogP contribution < -0.4 is 10.6 Å². The van der Waals surface area contributed by atoms with Crippen molar-refractivity contribution in [1.82, 2.24) is 0 Å². The Hall–Kier alpha value is -1.09. The molecule has 3 heteroatoms. The first-order valence-electron chi connectivity index (χ1n) is 6.41. The molecule has 0 saturated carbocycles. The molecule has 0 bridgehead atoms. The fraction of sp³-hybridized carbons (Fsp3) is 0.571. The molecule has 0 spiro atoms. The van der Waals surface area contributed by atoms with Crippen LogP contribution in [0, 0.1) is 11.7 Å². The molecule has 0 radical (unpaired) electrons. The molecule has 0 aromatic heterocycles. The molecule has 1 atom stereocenters. The molecule has 0 aliphatic rings. The second-order valence-corrected chi connectivity index (χ2v) is 4.41. The van der Waals surface area contributed by atoms with Crippen LogP contribution in [0.4, 0.5) is 10.1 Å². The van der Waals surface area contributed by atoms with Gasteiger partial charge in [0, 0.05) is 18.8 Å². The summed E-state index contributed by atoms with van der Waals surface area (Å²) in [7, 11) is 0. The molecule has 0 aliphatic heterocycles. The second-order valence-electron chi connectivity index (χ2n) is 4.41. The number of benzene rings is 1. The van der Waals surface area contributed by atoms with Gasteiger partial charge in [-0.25, -0.2) is 4.39 Å². The first-order chi connectivity index (χ1) is 8.21. The molecule has 96 valence electrons. The predicted octanol–water partition coefficient (Wildman–Crippen LogP) is 3.03. The van der Waals surface area contributed by atoms with Gasteiger partial charge in [-0.1, -0.05) is 13.3 Å². The fourth-order valence-electron chi connectivity index (χ4n) is 2.07. The first kappa shape index (κ1) is 14.0. The van der Waals surface area contributed by atoms with Gasteiger partial charge in [0.15, 0.2) is 0 Å². The Bertz CT molecular complexity index is 311. The predicted molar refractivity (Wildman–Crippen MR) is 71.7 cm³/mol. The van der Waals surface area contributed by atoms with Crippen LogP contribution in [0.3, 0.4) is 0 Å². The lowest BCUT2D eigenvalue weighted by Gasteiger charge is -2.27.